The van der Waals surface area contributed by atoms with Gasteiger partial charge in [0.05, 0.1) is 13.5 Å². The van der Waals surface area contributed by atoms with E-state index in [1.807, 2.05) is 0 Å². The second kappa shape index (κ2) is 6.34. The van der Waals surface area contributed by atoms with Gasteiger partial charge in [-0.25, -0.2) is 0 Å². The first-order chi connectivity index (χ1) is 8.69. The number of nitrogens with one attached hydrogen (secondary N) is 1. The second-order valence-electron chi connectivity index (χ2n) is 4.70. The molecule has 0 spiro atoms. The molecular weight excluding hydrogens is 294 g/mol. The smallest absolute Gasteiger partial charge is 0.306 e. The van der Waals surface area contributed by atoms with Crippen molar-refractivity contribution in [3.8, 4) is 0 Å². The van der Waals surface area contributed by atoms with Gasteiger partial charge in [-0.05, 0) is 36.5 Å². The van der Waals surface area contributed by atoms with Crippen molar-refractivity contribution >= 4 is 21.9 Å². The van der Waals surface area contributed by atoms with E-state index in [0.717, 1.165) is 17.3 Å². The Hall–Kier alpha value is -0.870. The molecule has 0 heterocycles. The molecule has 98 valence electrons. The number of ether oxygens (including phenoxy) is 1. The first-order valence-electron chi connectivity index (χ1n) is 6.24. The van der Waals surface area contributed by atoms with Gasteiger partial charge in [-0.15, -0.1) is 0 Å². The highest BCUT2D eigenvalue weighted by Gasteiger charge is 2.29. The van der Waals surface area contributed by atoms with Crippen molar-refractivity contribution < 1.29 is 9.53 Å². The van der Waals surface area contributed by atoms with E-state index in [4.69, 9.17) is 0 Å². The van der Waals surface area contributed by atoms with Crippen LogP contribution in [0.15, 0.2) is 28.7 Å². The van der Waals surface area contributed by atoms with E-state index in [9.17, 15) is 4.79 Å². The number of carbonyl (C=O) groups is 1. The normalized spacial score (nSPS) is 22.3. The average molecular weight is 312 g/mol. The highest BCUT2D eigenvalue weighted by molar-refractivity contribution is 9.10. The molecule has 3 nitrogen and oxygen atoms in total. The molecule has 0 aliphatic heterocycles. The molecule has 0 aromatic heterocycles. The average Bonchev–Trinajstić information content (AvgIpc) is 2.33. The number of carbonyl (C=O) groups excluding carboxylic acids is 1. The van der Waals surface area contributed by atoms with E-state index < -0.39 is 0 Å². The Labute approximate surface area is 116 Å². The first kappa shape index (κ1) is 13.6. The molecule has 0 atom stereocenters. The highest BCUT2D eigenvalue weighted by atomic mass is 79.9. The SMILES string of the molecule is COC(=O)CCNC1CC(c2ccc(Br)cc2)C1. The highest BCUT2D eigenvalue weighted by Crippen LogP contribution is 2.37. The summed E-state index contributed by atoms with van der Waals surface area (Å²) < 4.78 is 5.73. The summed E-state index contributed by atoms with van der Waals surface area (Å²) >= 11 is 3.44. The third kappa shape index (κ3) is 3.56. The summed E-state index contributed by atoms with van der Waals surface area (Å²) in [5.41, 5.74) is 1.41. The topological polar surface area (TPSA) is 38.3 Å². The zero-order valence-corrected chi connectivity index (χ0v) is 12.1. The number of hydrogen-bond acceptors (Lipinski definition) is 3. The Kier molecular flexibility index (Phi) is 4.78. The van der Waals surface area contributed by atoms with Gasteiger partial charge in [0.2, 0.25) is 0 Å². The van der Waals surface area contributed by atoms with Crippen molar-refractivity contribution in [1.82, 2.24) is 5.32 Å². The van der Waals surface area contributed by atoms with Crippen molar-refractivity contribution in [3.63, 3.8) is 0 Å². The van der Waals surface area contributed by atoms with Crippen LogP contribution >= 0.6 is 15.9 Å². The van der Waals surface area contributed by atoms with E-state index in [1.165, 1.54) is 12.7 Å². The number of rotatable bonds is 5. The van der Waals surface area contributed by atoms with Crippen LogP contribution in [0.1, 0.15) is 30.7 Å². The summed E-state index contributed by atoms with van der Waals surface area (Å²) in [4.78, 5) is 11.0. The summed E-state index contributed by atoms with van der Waals surface area (Å²) in [7, 11) is 1.43. The van der Waals surface area contributed by atoms with Crippen LogP contribution in [0.4, 0.5) is 0 Å². The Morgan fingerprint density at radius 1 is 1.39 bits per heavy atom. The Morgan fingerprint density at radius 2 is 2.06 bits per heavy atom. The Morgan fingerprint density at radius 3 is 2.67 bits per heavy atom. The van der Waals surface area contributed by atoms with Crippen molar-refractivity contribution in [2.75, 3.05) is 13.7 Å². The predicted molar refractivity (Wildman–Crippen MR) is 74.5 cm³/mol. The summed E-state index contributed by atoms with van der Waals surface area (Å²) in [6, 6.07) is 9.09. The minimum absolute atomic E-state index is 0.147. The van der Waals surface area contributed by atoms with Gasteiger partial charge in [0.25, 0.3) is 0 Å². The van der Waals surface area contributed by atoms with E-state index in [-0.39, 0.29) is 5.97 Å². The molecule has 1 aromatic rings. The molecular formula is C14H18BrNO2. The summed E-state index contributed by atoms with van der Waals surface area (Å²) in [6.07, 6.45) is 2.77. The zero-order valence-electron chi connectivity index (χ0n) is 10.5. The number of hydrogen-bond donors (Lipinski definition) is 1. The standard InChI is InChI=1S/C14H18BrNO2/c1-18-14(17)6-7-16-13-8-11(9-13)10-2-4-12(15)5-3-10/h2-5,11,13,16H,6-9H2,1H3. The number of halogens is 1. The van der Waals surface area contributed by atoms with E-state index in [1.54, 1.807) is 0 Å². The lowest BCUT2D eigenvalue weighted by Crippen LogP contribution is -2.40. The molecule has 1 saturated carbocycles. The molecule has 0 radical (unpaired) electrons. The maximum atomic E-state index is 11.0. The molecule has 2 rings (SSSR count). The minimum Gasteiger partial charge on any atom is -0.469 e. The lowest BCUT2D eigenvalue weighted by molar-refractivity contribution is -0.140. The van der Waals surface area contributed by atoms with Crippen molar-refractivity contribution in [2.24, 2.45) is 0 Å². The van der Waals surface area contributed by atoms with E-state index in [0.29, 0.717) is 24.9 Å². The third-order valence-electron chi connectivity index (χ3n) is 3.47. The molecule has 1 N–H and O–H groups in total. The molecule has 1 fully saturated rings. The fraction of sp³-hybridized carbons (Fsp3) is 0.500. The molecule has 0 unspecified atom stereocenters. The lowest BCUT2D eigenvalue weighted by Gasteiger charge is -2.36. The maximum absolute atomic E-state index is 11.0. The summed E-state index contributed by atoms with van der Waals surface area (Å²) in [5.74, 6) is 0.514. The minimum atomic E-state index is -0.147. The van der Waals surface area contributed by atoms with Gasteiger partial charge >= 0.3 is 5.97 Å². The van der Waals surface area contributed by atoms with Gasteiger partial charge in [-0.1, -0.05) is 28.1 Å². The second-order valence-corrected chi connectivity index (χ2v) is 5.61. The summed E-state index contributed by atoms with van der Waals surface area (Å²) in [5, 5.41) is 3.39. The zero-order chi connectivity index (χ0) is 13.0. The van der Waals surface area contributed by atoms with Gasteiger partial charge < -0.3 is 10.1 Å². The summed E-state index contributed by atoms with van der Waals surface area (Å²) in [6.45, 7) is 0.713. The van der Waals surface area contributed by atoms with Crippen LogP contribution in [0.25, 0.3) is 0 Å². The Bertz CT molecular complexity index is 399. The van der Waals surface area contributed by atoms with Crippen LogP contribution in [0.5, 0.6) is 0 Å². The lowest BCUT2D eigenvalue weighted by atomic mass is 9.76. The monoisotopic (exact) mass is 311 g/mol. The van der Waals surface area contributed by atoms with Crippen LogP contribution in [0.3, 0.4) is 0 Å². The molecule has 18 heavy (non-hydrogen) atoms. The van der Waals surface area contributed by atoms with Crippen molar-refractivity contribution in [2.45, 2.75) is 31.2 Å². The Balaban J connectivity index is 1.67. The van der Waals surface area contributed by atoms with Crippen LogP contribution < -0.4 is 5.32 Å². The van der Waals surface area contributed by atoms with E-state index >= 15 is 0 Å². The van der Waals surface area contributed by atoms with Crippen LogP contribution in [-0.4, -0.2) is 25.7 Å². The number of esters is 1. The van der Waals surface area contributed by atoms with Gasteiger partial charge in [0.1, 0.15) is 0 Å². The molecule has 1 aliphatic rings. The molecule has 1 aromatic carbocycles. The molecule has 0 saturated heterocycles. The molecule has 0 amide bonds. The number of benzene rings is 1. The van der Waals surface area contributed by atoms with Crippen LogP contribution in [0, 0.1) is 0 Å². The van der Waals surface area contributed by atoms with Gasteiger partial charge in [0, 0.05) is 17.1 Å². The van der Waals surface area contributed by atoms with Gasteiger partial charge in [-0.3, -0.25) is 4.79 Å². The van der Waals surface area contributed by atoms with Crippen LogP contribution in [-0.2, 0) is 9.53 Å². The van der Waals surface area contributed by atoms with Gasteiger partial charge in [0.15, 0.2) is 0 Å². The first-order valence-corrected chi connectivity index (χ1v) is 7.04. The predicted octanol–water partition coefficient (Wildman–Crippen LogP) is 2.85. The van der Waals surface area contributed by atoms with E-state index in [2.05, 4.69) is 50.2 Å². The molecule has 1 aliphatic carbocycles. The molecule has 0 bridgehead atoms. The molecule has 4 heteroatoms. The quantitative estimate of drug-likeness (QED) is 0.850. The third-order valence-corrected chi connectivity index (χ3v) is 4.00. The fourth-order valence-electron chi connectivity index (χ4n) is 2.27. The van der Waals surface area contributed by atoms with Crippen molar-refractivity contribution in [1.29, 1.82) is 0 Å². The maximum Gasteiger partial charge on any atom is 0.306 e. The van der Waals surface area contributed by atoms with Crippen molar-refractivity contribution in [3.05, 3.63) is 34.3 Å². The largest absolute Gasteiger partial charge is 0.469 e. The van der Waals surface area contributed by atoms with Crippen LogP contribution in [0.2, 0.25) is 0 Å². The fourth-order valence-corrected chi connectivity index (χ4v) is 2.54. The number of methoxy groups -OCH3 is 1. The van der Waals surface area contributed by atoms with Gasteiger partial charge in [-0.2, -0.15) is 0 Å².